The van der Waals surface area contributed by atoms with E-state index in [9.17, 15) is 4.79 Å². The highest BCUT2D eigenvalue weighted by molar-refractivity contribution is 6.30. The molecule has 0 atom stereocenters. The number of halogens is 1. The zero-order valence-electron chi connectivity index (χ0n) is 8.75. The molecule has 1 aromatic carbocycles. The fourth-order valence-corrected chi connectivity index (χ4v) is 1.95. The van der Waals surface area contributed by atoms with Crippen molar-refractivity contribution in [1.29, 1.82) is 0 Å². The third kappa shape index (κ3) is 1.62. The summed E-state index contributed by atoms with van der Waals surface area (Å²) >= 11 is 5.94. The fourth-order valence-electron chi connectivity index (χ4n) is 1.77. The molecule has 84 valence electrons. The number of rotatable bonds is 1. The molecule has 5 heteroatoms. The minimum Gasteiger partial charge on any atom is -0.267 e. The topological polar surface area (TPSA) is 39.3 Å². The zero-order valence-corrected chi connectivity index (χ0v) is 9.50. The highest BCUT2D eigenvalue weighted by atomic mass is 35.5. The van der Waals surface area contributed by atoms with Crippen molar-refractivity contribution in [2.24, 2.45) is 0 Å². The molecule has 0 aliphatic rings. The van der Waals surface area contributed by atoms with Gasteiger partial charge in [0.2, 0.25) is 0 Å². The number of nitrogens with zero attached hydrogens (tertiary/aromatic N) is 3. The largest absolute Gasteiger partial charge is 0.273 e. The monoisotopic (exact) mass is 245 g/mol. The van der Waals surface area contributed by atoms with Gasteiger partial charge in [-0.25, -0.2) is 4.98 Å². The van der Waals surface area contributed by atoms with Crippen molar-refractivity contribution >= 4 is 17.2 Å². The van der Waals surface area contributed by atoms with Crippen LogP contribution in [0.4, 0.5) is 0 Å². The van der Waals surface area contributed by atoms with Crippen LogP contribution in [0.5, 0.6) is 0 Å². The van der Waals surface area contributed by atoms with Crippen LogP contribution in [0.1, 0.15) is 0 Å². The van der Waals surface area contributed by atoms with Gasteiger partial charge in [0.1, 0.15) is 0 Å². The van der Waals surface area contributed by atoms with Gasteiger partial charge in [-0.2, -0.15) is 4.52 Å². The summed E-state index contributed by atoms with van der Waals surface area (Å²) in [4.78, 5) is 15.9. The number of fused-ring (bicyclic) bond motifs is 1. The van der Waals surface area contributed by atoms with Crippen molar-refractivity contribution in [2.45, 2.75) is 0 Å². The molecule has 0 spiro atoms. The van der Waals surface area contributed by atoms with Crippen molar-refractivity contribution < 1.29 is 0 Å². The van der Waals surface area contributed by atoms with Crippen LogP contribution in [0.25, 0.3) is 11.3 Å². The van der Waals surface area contributed by atoms with E-state index < -0.39 is 0 Å². The van der Waals surface area contributed by atoms with E-state index in [4.69, 9.17) is 11.6 Å². The quantitative estimate of drug-likeness (QED) is 0.659. The Kier molecular flexibility index (Phi) is 2.23. The third-order valence-electron chi connectivity index (χ3n) is 2.50. The molecule has 17 heavy (non-hydrogen) atoms. The second-order valence-corrected chi connectivity index (χ2v) is 4.03. The summed E-state index contributed by atoms with van der Waals surface area (Å²) in [6.07, 6.45) is 3.29. The first-order valence-corrected chi connectivity index (χ1v) is 5.45. The van der Waals surface area contributed by atoms with Crippen LogP contribution in [0, 0.1) is 0 Å². The summed E-state index contributed by atoms with van der Waals surface area (Å²) in [6.45, 7) is 0. The van der Waals surface area contributed by atoms with E-state index in [0.29, 0.717) is 10.7 Å². The number of hydrogen-bond donors (Lipinski definition) is 0. The van der Waals surface area contributed by atoms with Crippen LogP contribution in [0.2, 0.25) is 5.02 Å². The van der Waals surface area contributed by atoms with Crippen LogP contribution >= 0.6 is 11.6 Å². The Morgan fingerprint density at radius 2 is 2.06 bits per heavy atom. The van der Waals surface area contributed by atoms with Crippen molar-refractivity contribution in [3.05, 3.63) is 64.2 Å². The van der Waals surface area contributed by atoms with Gasteiger partial charge in [0, 0.05) is 29.5 Å². The summed E-state index contributed by atoms with van der Waals surface area (Å²) < 4.78 is 3.21. The number of aromatic nitrogens is 3. The van der Waals surface area contributed by atoms with Crippen molar-refractivity contribution in [3.63, 3.8) is 0 Å². The predicted molar refractivity (Wildman–Crippen MR) is 65.8 cm³/mol. The molecular formula is C12H8ClN3O. The van der Waals surface area contributed by atoms with Crippen LogP contribution in [-0.2, 0) is 0 Å². The molecule has 2 aromatic heterocycles. The summed E-state index contributed by atoms with van der Waals surface area (Å²) in [7, 11) is 0. The van der Waals surface area contributed by atoms with Crippen LogP contribution in [-0.4, -0.2) is 14.2 Å². The van der Waals surface area contributed by atoms with Crippen molar-refractivity contribution in [3.8, 4) is 5.69 Å². The van der Waals surface area contributed by atoms with Gasteiger partial charge in [-0.15, -0.1) is 0 Å². The molecule has 3 aromatic rings. The highest BCUT2D eigenvalue weighted by Crippen LogP contribution is 2.15. The normalized spacial score (nSPS) is 10.9. The summed E-state index contributed by atoms with van der Waals surface area (Å²) in [5, 5.41) is 0.626. The maximum absolute atomic E-state index is 11.8. The van der Waals surface area contributed by atoms with E-state index in [1.54, 1.807) is 29.1 Å². The van der Waals surface area contributed by atoms with Gasteiger partial charge < -0.3 is 0 Å². The lowest BCUT2D eigenvalue weighted by atomic mass is 10.3. The van der Waals surface area contributed by atoms with Crippen molar-refractivity contribution in [1.82, 2.24) is 14.2 Å². The van der Waals surface area contributed by atoms with Gasteiger partial charge in [-0.05, 0) is 18.2 Å². The lowest BCUT2D eigenvalue weighted by molar-refractivity contribution is 0.764. The van der Waals surface area contributed by atoms with Crippen molar-refractivity contribution in [2.75, 3.05) is 0 Å². The molecule has 3 rings (SSSR count). The Hall–Kier alpha value is -2.07. The van der Waals surface area contributed by atoms with Crippen LogP contribution in [0.3, 0.4) is 0 Å². The zero-order chi connectivity index (χ0) is 11.8. The molecule has 0 saturated heterocycles. The van der Waals surface area contributed by atoms with Gasteiger partial charge in [-0.3, -0.25) is 9.48 Å². The molecule has 0 unspecified atom stereocenters. The van der Waals surface area contributed by atoms with E-state index in [2.05, 4.69) is 4.98 Å². The first-order valence-electron chi connectivity index (χ1n) is 5.07. The third-order valence-corrected chi connectivity index (χ3v) is 2.74. The first kappa shape index (κ1) is 10.1. The van der Waals surface area contributed by atoms with Gasteiger partial charge in [0.05, 0.1) is 5.69 Å². The number of benzene rings is 1. The molecule has 0 aliphatic heterocycles. The van der Waals surface area contributed by atoms with E-state index in [-0.39, 0.29) is 5.56 Å². The Morgan fingerprint density at radius 1 is 1.18 bits per heavy atom. The maximum atomic E-state index is 11.8. The highest BCUT2D eigenvalue weighted by Gasteiger charge is 2.04. The molecule has 0 fully saturated rings. The Labute approximate surface area is 102 Å². The Bertz CT molecular complexity index is 745. The average molecular weight is 246 g/mol. The summed E-state index contributed by atoms with van der Waals surface area (Å²) in [5.74, 6) is 0. The SMILES string of the molecule is O=c1ccnc2ccn(-c3cccc(Cl)c3)n12. The van der Waals surface area contributed by atoms with Crippen LogP contribution < -0.4 is 5.56 Å². The standard InChI is InChI=1S/C12H8ClN3O/c13-9-2-1-3-10(8-9)15-7-5-11-14-6-4-12(17)16(11)15/h1-8H. The van der Waals surface area contributed by atoms with E-state index in [1.165, 1.54) is 16.8 Å². The molecular weight excluding hydrogens is 238 g/mol. The molecule has 0 saturated carbocycles. The minimum absolute atomic E-state index is 0.125. The lowest BCUT2D eigenvalue weighted by Gasteiger charge is -2.06. The predicted octanol–water partition coefficient (Wildman–Crippen LogP) is 2.14. The summed E-state index contributed by atoms with van der Waals surface area (Å²) in [6, 6.07) is 10.5. The average Bonchev–Trinajstić information content (AvgIpc) is 2.74. The van der Waals surface area contributed by atoms with Gasteiger partial charge in [-0.1, -0.05) is 17.7 Å². The van der Waals surface area contributed by atoms with Crippen LogP contribution in [0.15, 0.2) is 53.6 Å². The van der Waals surface area contributed by atoms with Gasteiger partial charge in [0.25, 0.3) is 5.56 Å². The minimum atomic E-state index is -0.125. The molecule has 0 radical (unpaired) electrons. The summed E-state index contributed by atoms with van der Waals surface area (Å²) in [5.41, 5.74) is 1.31. The number of hydrogen-bond acceptors (Lipinski definition) is 2. The maximum Gasteiger partial charge on any atom is 0.273 e. The first-order chi connectivity index (χ1) is 8.25. The van der Waals surface area contributed by atoms with Gasteiger partial charge >= 0.3 is 0 Å². The van der Waals surface area contributed by atoms with E-state index >= 15 is 0 Å². The molecule has 0 bridgehead atoms. The lowest BCUT2D eigenvalue weighted by Crippen LogP contribution is -2.18. The Morgan fingerprint density at radius 3 is 2.88 bits per heavy atom. The molecule has 0 N–H and O–H groups in total. The second-order valence-electron chi connectivity index (χ2n) is 3.59. The molecule has 2 heterocycles. The second kappa shape index (κ2) is 3.75. The molecule has 0 amide bonds. The Balaban J connectivity index is 2.35. The van der Waals surface area contributed by atoms with E-state index in [1.807, 2.05) is 12.1 Å². The molecule has 0 aliphatic carbocycles. The van der Waals surface area contributed by atoms with E-state index in [0.717, 1.165) is 5.69 Å². The fraction of sp³-hybridized carbons (Fsp3) is 0. The smallest absolute Gasteiger partial charge is 0.267 e. The molecule has 4 nitrogen and oxygen atoms in total. The van der Waals surface area contributed by atoms with Gasteiger partial charge in [0.15, 0.2) is 5.65 Å².